The maximum atomic E-state index is 12.5. The molecule has 0 aromatic heterocycles. The number of Topliss-reactive ketones (excluding diaryl/α,β-unsaturated/α-hetero) is 1. The van der Waals surface area contributed by atoms with E-state index >= 15 is 0 Å². The lowest BCUT2D eigenvalue weighted by molar-refractivity contribution is 0.0693. The number of ether oxygens (including phenoxy) is 1. The Kier molecular flexibility index (Phi) is 14.7. The number of aryl methyl sites for hydroxylation is 1. The summed E-state index contributed by atoms with van der Waals surface area (Å²) in [4.78, 5) is 23.9. The van der Waals surface area contributed by atoms with Crippen molar-refractivity contribution in [2.45, 2.75) is 117 Å². The summed E-state index contributed by atoms with van der Waals surface area (Å²) >= 11 is 0. The number of carbonyl (C=O) groups excluding carboxylic acids is 1. The highest BCUT2D eigenvalue weighted by Gasteiger charge is 2.17. The molecule has 0 radical (unpaired) electrons. The molecular weight excluding hydrogens is 388 g/mol. The normalized spacial score (nSPS) is 10.9. The molecule has 0 heterocycles. The van der Waals surface area contributed by atoms with E-state index in [0.717, 1.165) is 12.8 Å². The first-order chi connectivity index (χ1) is 15.0. The molecule has 4 heteroatoms. The van der Waals surface area contributed by atoms with Gasteiger partial charge in [-0.2, -0.15) is 0 Å². The quantitative estimate of drug-likeness (QED) is 0.177. The number of rotatable bonds is 19. The van der Waals surface area contributed by atoms with Crippen LogP contribution in [-0.2, 0) is 0 Å². The van der Waals surface area contributed by atoms with Gasteiger partial charge in [0, 0.05) is 12.0 Å². The molecule has 0 aliphatic carbocycles. The molecule has 0 unspecified atom stereocenters. The number of carbonyl (C=O) groups is 2. The summed E-state index contributed by atoms with van der Waals surface area (Å²) in [7, 11) is 1.45. The van der Waals surface area contributed by atoms with Crippen LogP contribution in [0.3, 0.4) is 0 Å². The Bertz CT molecular complexity index is 651. The van der Waals surface area contributed by atoms with Crippen molar-refractivity contribution in [2.75, 3.05) is 7.11 Å². The van der Waals surface area contributed by atoms with Gasteiger partial charge in [0.25, 0.3) is 0 Å². The van der Waals surface area contributed by atoms with E-state index in [0.29, 0.717) is 23.3 Å². The molecule has 0 aliphatic rings. The second kappa shape index (κ2) is 16.8. The summed E-state index contributed by atoms with van der Waals surface area (Å²) < 4.78 is 5.17. The molecule has 0 amide bonds. The van der Waals surface area contributed by atoms with Crippen LogP contribution < -0.4 is 4.74 Å². The Morgan fingerprint density at radius 3 is 1.65 bits per heavy atom. The van der Waals surface area contributed by atoms with Crippen LogP contribution >= 0.6 is 0 Å². The summed E-state index contributed by atoms with van der Waals surface area (Å²) in [5.74, 6) is -0.722. The molecule has 0 bridgehead atoms. The van der Waals surface area contributed by atoms with Gasteiger partial charge in [0.05, 0.1) is 7.11 Å². The molecule has 0 spiro atoms. The van der Waals surface area contributed by atoms with Crippen molar-refractivity contribution < 1.29 is 19.4 Å². The maximum Gasteiger partial charge on any atom is 0.339 e. The van der Waals surface area contributed by atoms with Crippen LogP contribution in [0.2, 0.25) is 0 Å². The first-order valence-electron chi connectivity index (χ1n) is 12.5. The van der Waals surface area contributed by atoms with Crippen molar-refractivity contribution in [1.82, 2.24) is 0 Å². The molecular formula is C27H44O4. The first kappa shape index (κ1) is 27.2. The zero-order valence-corrected chi connectivity index (χ0v) is 20.1. The van der Waals surface area contributed by atoms with Crippen LogP contribution in [0.15, 0.2) is 12.1 Å². The van der Waals surface area contributed by atoms with Gasteiger partial charge in [-0.15, -0.1) is 0 Å². The molecule has 4 nitrogen and oxygen atoms in total. The van der Waals surface area contributed by atoms with E-state index < -0.39 is 5.97 Å². The van der Waals surface area contributed by atoms with E-state index in [2.05, 4.69) is 6.92 Å². The summed E-state index contributed by atoms with van der Waals surface area (Å²) in [6.45, 7) is 4.04. The monoisotopic (exact) mass is 432 g/mol. The van der Waals surface area contributed by atoms with E-state index in [-0.39, 0.29) is 11.3 Å². The predicted octanol–water partition coefficient (Wildman–Crippen LogP) is 8.15. The Hall–Kier alpha value is -1.84. The number of hydrogen-bond donors (Lipinski definition) is 1. The van der Waals surface area contributed by atoms with Gasteiger partial charge in [-0.05, 0) is 31.0 Å². The van der Waals surface area contributed by atoms with Crippen molar-refractivity contribution in [2.24, 2.45) is 0 Å². The fourth-order valence-corrected chi connectivity index (χ4v) is 4.17. The van der Waals surface area contributed by atoms with Crippen molar-refractivity contribution in [3.63, 3.8) is 0 Å². The molecule has 0 saturated heterocycles. The number of carboxylic acid groups (broad SMARTS) is 1. The highest BCUT2D eigenvalue weighted by atomic mass is 16.5. The van der Waals surface area contributed by atoms with Gasteiger partial charge in [0.1, 0.15) is 11.3 Å². The lowest BCUT2D eigenvalue weighted by Gasteiger charge is -2.11. The van der Waals surface area contributed by atoms with Gasteiger partial charge in [0.2, 0.25) is 0 Å². The summed E-state index contributed by atoms with van der Waals surface area (Å²) in [5, 5.41) is 9.35. The van der Waals surface area contributed by atoms with Gasteiger partial charge in [-0.25, -0.2) is 4.79 Å². The van der Waals surface area contributed by atoms with Crippen molar-refractivity contribution in [3.05, 3.63) is 28.8 Å². The standard InChI is InChI=1S/C27H44O4/c1-4-5-6-7-8-9-10-11-12-13-14-15-16-17-18-19-25(28)23-20-22(2)26(31-3)24(21-23)27(29)30/h20-21H,4-19H2,1-3H3,(H,29,30). The van der Waals surface area contributed by atoms with E-state index in [1.165, 1.54) is 96.6 Å². The second-order valence-electron chi connectivity index (χ2n) is 8.80. The van der Waals surface area contributed by atoms with Crippen LogP contribution in [-0.4, -0.2) is 24.0 Å². The number of methoxy groups -OCH3 is 1. The van der Waals surface area contributed by atoms with E-state index in [9.17, 15) is 14.7 Å². The minimum Gasteiger partial charge on any atom is -0.496 e. The maximum absolute atomic E-state index is 12.5. The first-order valence-corrected chi connectivity index (χ1v) is 12.5. The van der Waals surface area contributed by atoms with Gasteiger partial charge < -0.3 is 9.84 Å². The predicted molar refractivity (Wildman–Crippen MR) is 129 cm³/mol. The van der Waals surface area contributed by atoms with Crippen LogP contribution in [0.5, 0.6) is 5.75 Å². The number of hydrogen-bond acceptors (Lipinski definition) is 3. The highest BCUT2D eigenvalue weighted by Crippen LogP contribution is 2.26. The van der Waals surface area contributed by atoms with Gasteiger partial charge in [0.15, 0.2) is 5.78 Å². The largest absolute Gasteiger partial charge is 0.496 e. The summed E-state index contributed by atoms with van der Waals surface area (Å²) in [6.07, 6.45) is 19.9. The Labute approximate surface area is 189 Å². The Balaban J connectivity index is 2.09. The Morgan fingerprint density at radius 1 is 0.774 bits per heavy atom. The number of aromatic carboxylic acids is 1. The van der Waals surface area contributed by atoms with E-state index in [1.54, 1.807) is 13.0 Å². The number of carboxylic acids is 1. The lowest BCUT2D eigenvalue weighted by atomic mass is 9.98. The van der Waals surface area contributed by atoms with Crippen molar-refractivity contribution >= 4 is 11.8 Å². The second-order valence-corrected chi connectivity index (χ2v) is 8.80. The summed E-state index contributed by atoms with van der Waals surface area (Å²) in [5.41, 5.74) is 1.21. The van der Waals surface area contributed by atoms with Crippen LogP contribution in [0, 0.1) is 6.92 Å². The third kappa shape index (κ3) is 11.4. The third-order valence-electron chi connectivity index (χ3n) is 6.04. The average molecular weight is 433 g/mol. The highest BCUT2D eigenvalue weighted by molar-refractivity contribution is 6.00. The van der Waals surface area contributed by atoms with Crippen LogP contribution in [0.4, 0.5) is 0 Å². The van der Waals surface area contributed by atoms with Gasteiger partial charge in [-0.1, -0.05) is 96.8 Å². The van der Waals surface area contributed by atoms with Crippen LogP contribution in [0.25, 0.3) is 0 Å². The SMILES string of the molecule is CCCCCCCCCCCCCCCCCC(=O)c1cc(C)c(OC)c(C(=O)O)c1. The fraction of sp³-hybridized carbons (Fsp3) is 0.704. The van der Waals surface area contributed by atoms with E-state index in [4.69, 9.17) is 4.74 Å². The smallest absolute Gasteiger partial charge is 0.339 e. The minimum absolute atomic E-state index is 0.0166. The molecule has 176 valence electrons. The van der Waals surface area contributed by atoms with Gasteiger partial charge in [-0.3, -0.25) is 4.79 Å². The third-order valence-corrected chi connectivity index (χ3v) is 6.04. The zero-order chi connectivity index (χ0) is 22.9. The molecule has 0 saturated carbocycles. The van der Waals surface area contributed by atoms with Crippen molar-refractivity contribution in [1.29, 1.82) is 0 Å². The molecule has 1 aromatic rings. The molecule has 1 N–H and O–H groups in total. The molecule has 0 fully saturated rings. The number of ketones is 1. The summed E-state index contributed by atoms with van der Waals surface area (Å²) in [6, 6.07) is 3.18. The lowest BCUT2D eigenvalue weighted by Crippen LogP contribution is -2.07. The Morgan fingerprint density at radius 2 is 1.23 bits per heavy atom. The van der Waals surface area contributed by atoms with Crippen molar-refractivity contribution in [3.8, 4) is 5.75 Å². The molecule has 1 aromatic carbocycles. The molecule has 0 atom stereocenters. The number of unbranched alkanes of at least 4 members (excludes halogenated alkanes) is 14. The minimum atomic E-state index is -1.07. The van der Waals surface area contributed by atoms with Gasteiger partial charge >= 0.3 is 5.97 Å². The topological polar surface area (TPSA) is 63.6 Å². The van der Waals surface area contributed by atoms with Crippen LogP contribution in [0.1, 0.15) is 136 Å². The molecule has 31 heavy (non-hydrogen) atoms. The van der Waals surface area contributed by atoms with E-state index in [1.807, 2.05) is 0 Å². The zero-order valence-electron chi connectivity index (χ0n) is 20.1. The number of benzene rings is 1. The average Bonchev–Trinajstić information content (AvgIpc) is 2.75. The molecule has 0 aliphatic heterocycles. The molecule has 1 rings (SSSR count). The fourth-order valence-electron chi connectivity index (χ4n) is 4.17.